The summed E-state index contributed by atoms with van der Waals surface area (Å²) in [4.78, 5) is 8.72. The van der Waals surface area contributed by atoms with Crippen LogP contribution in [0.5, 0.6) is 5.75 Å². The van der Waals surface area contributed by atoms with Crippen LogP contribution in [-0.2, 0) is 6.54 Å². The molecule has 0 aromatic carbocycles. The molecule has 1 fully saturated rings. The number of pyridine rings is 1. The molecular weight excluding hydrogens is 379 g/mol. The van der Waals surface area contributed by atoms with Gasteiger partial charge in [0.25, 0.3) is 0 Å². The molecule has 0 radical (unpaired) electrons. The van der Waals surface area contributed by atoms with E-state index >= 15 is 0 Å². The molecule has 2 unspecified atom stereocenters. The van der Waals surface area contributed by atoms with Crippen molar-refractivity contribution < 1.29 is 4.74 Å². The summed E-state index contributed by atoms with van der Waals surface area (Å²) < 4.78 is 5.42. The molecule has 1 aromatic rings. The van der Waals surface area contributed by atoms with Crippen molar-refractivity contribution in [3.05, 3.63) is 23.0 Å². The average molecular weight is 404 g/mol. The fourth-order valence-corrected chi connectivity index (χ4v) is 2.31. The quantitative estimate of drug-likeness (QED) is 0.460. The minimum Gasteiger partial charge on any atom is -0.496 e. The molecule has 0 amide bonds. The van der Waals surface area contributed by atoms with Crippen molar-refractivity contribution in [2.24, 2.45) is 10.9 Å². The van der Waals surface area contributed by atoms with Gasteiger partial charge in [-0.2, -0.15) is 0 Å². The number of aliphatic imine (C=N–C) groups is 1. The second kappa shape index (κ2) is 7.82. The third kappa shape index (κ3) is 4.46. The van der Waals surface area contributed by atoms with E-state index in [1.165, 1.54) is 6.42 Å². The molecule has 1 aliphatic carbocycles. The Bertz CT molecular complexity index is 519. The van der Waals surface area contributed by atoms with E-state index in [4.69, 9.17) is 4.74 Å². The molecule has 1 aliphatic rings. The molecule has 0 spiro atoms. The van der Waals surface area contributed by atoms with E-state index in [0.29, 0.717) is 12.6 Å². The Morgan fingerprint density at radius 3 is 2.67 bits per heavy atom. The normalized spacial score (nSPS) is 20.5. The Morgan fingerprint density at radius 2 is 2.14 bits per heavy atom. The molecular formula is C15H25IN4O. The van der Waals surface area contributed by atoms with Crippen LogP contribution >= 0.6 is 24.0 Å². The zero-order valence-electron chi connectivity index (χ0n) is 13.4. The van der Waals surface area contributed by atoms with E-state index in [2.05, 4.69) is 27.5 Å². The van der Waals surface area contributed by atoms with Gasteiger partial charge in [-0.1, -0.05) is 6.92 Å². The van der Waals surface area contributed by atoms with Crippen molar-refractivity contribution in [2.75, 3.05) is 14.2 Å². The van der Waals surface area contributed by atoms with Crippen molar-refractivity contribution in [1.82, 2.24) is 15.6 Å². The van der Waals surface area contributed by atoms with Crippen LogP contribution in [0.15, 0.2) is 11.2 Å². The zero-order chi connectivity index (χ0) is 14.7. The predicted octanol–water partition coefficient (Wildman–Crippen LogP) is 2.40. The van der Waals surface area contributed by atoms with Crippen molar-refractivity contribution >= 4 is 29.9 Å². The molecule has 0 saturated heterocycles. The van der Waals surface area contributed by atoms with Crippen molar-refractivity contribution in [3.8, 4) is 5.75 Å². The number of hydrogen-bond donors (Lipinski definition) is 2. The first kappa shape index (κ1) is 18.0. The molecule has 1 aromatic heterocycles. The highest BCUT2D eigenvalue weighted by atomic mass is 127. The van der Waals surface area contributed by atoms with Crippen LogP contribution < -0.4 is 15.4 Å². The van der Waals surface area contributed by atoms with Gasteiger partial charge < -0.3 is 15.4 Å². The van der Waals surface area contributed by atoms with Gasteiger partial charge in [0.05, 0.1) is 19.3 Å². The predicted molar refractivity (Wildman–Crippen MR) is 96.6 cm³/mol. The fourth-order valence-electron chi connectivity index (χ4n) is 2.31. The van der Waals surface area contributed by atoms with Crippen LogP contribution in [0.4, 0.5) is 0 Å². The first-order chi connectivity index (χ1) is 9.56. The van der Waals surface area contributed by atoms with Crippen LogP contribution in [0.25, 0.3) is 0 Å². The molecule has 2 N–H and O–H groups in total. The number of methoxy groups -OCH3 is 1. The molecule has 5 nitrogen and oxygen atoms in total. The van der Waals surface area contributed by atoms with Gasteiger partial charge in [-0.05, 0) is 26.2 Å². The largest absolute Gasteiger partial charge is 0.496 e. The Balaban J connectivity index is 0.00000220. The number of nitrogens with zero attached hydrogens (tertiary/aromatic N) is 2. The van der Waals surface area contributed by atoms with E-state index in [0.717, 1.165) is 34.4 Å². The molecule has 1 heterocycles. The lowest BCUT2D eigenvalue weighted by molar-refractivity contribution is 0.406. The van der Waals surface area contributed by atoms with Gasteiger partial charge in [0.2, 0.25) is 0 Å². The minimum atomic E-state index is 0. The standard InChI is InChI=1S/C15H24N4O.HI/c1-9-6-12(9)19-15(16-4)18-8-13-11(3)14(20-5)10(2)7-17-13;/h7,9,12H,6,8H2,1-5H3,(H2,16,18,19);1H. The monoisotopic (exact) mass is 404 g/mol. The summed E-state index contributed by atoms with van der Waals surface area (Å²) in [5.41, 5.74) is 3.12. The first-order valence-corrected chi connectivity index (χ1v) is 7.03. The number of nitrogens with one attached hydrogen (secondary N) is 2. The molecule has 1 saturated carbocycles. The van der Waals surface area contributed by atoms with Gasteiger partial charge in [0, 0.05) is 30.4 Å². The number of ether oxygens (including phenoxy) is 1. The maximum Gasteiger partial charge on any atom is 0.191 e. The maximum absolute atomic E-state index is 5.42. The maximum atomic E-state index is 5.42. The Kier molecular flexibility index (Phi) is 6.70. The van der Waals surface area contributed by atoms with Crippen LogP contribution in [0.1, 0.15) is 30.2 Å². The van der Waals surface area contributed by atoms with Crippen LogP contribution in [0.2, 0.25) is 0 Å². The lowest BCUT2D eigenvalue weighted by Gasteiger charge is -2.15. The SMILES string of the molecule is CN=C(NCc1ncc(C)c(OC)c1C)NC1CC1C.I. The molecule has 6 heteroatoms. The highest BCUT2D eigenvalue weighted by Crippen LogP contribution is 2.28. The van der Waals surface area contributed by atoms with Crippen LogP contribution in [-0.4, -0.2) is 31.1 Å². The summed E-state index contributed by atoms with van der Waals surface area (Å²) in [7, 11) is 3.49. The second-order valence-electron chi connectivity index (χ2n) is 5.44. The number of rotatable bonds is 4. The Morgan fingerprint density at radius 1 is 1.48 bits per heavy atom. The van der Waals surface area contributed by atoms with Gasteiger partial charge in [-0.25, -0.2) is 0 Å². The van der Waals surface area contributed by atoms with Gasteiger partial charge in [-0.15, -0.1) is 24.0 Å². The lowest BCUT2D eigenvalue weighted by atomic mass is 10.1. The van der Waals surface area contributed by atoms with Gasteiger partial charge in [0.1, 0.15) is 5.75 Å². The molecule has 21 heavy (non-hydrogen) atoms. The summed E-state index contributed by atoms with van der Waals surface area (Å²) in [6, 6.07) is 0.558. The number of aryl methyl sites for hydroxylation is 1. The van der Waals surface area contributed by atoms with Crippen LogP contribution in [0, 0.1) is 19.8 Å². The summed E-state index contributed by atoms with van der Waals surface area (Å²) >= 11 is 0. The van der Waals surface area contributed by atoms with Crippen molar-refractivity contribution in [2.45, 2.75) is 39.8 Å². The summed E-state index contributed by atoms with van der Waals surface area (Å²) in [5.74, 6) is 2.49. The summed E-state index contributed by atoms with van der Waals surface area (Å²) in [6.07, 6.45) is 3.07. The zero-order valence-corrected chi connectivity index (χ0v) is 15.7. The van der Waals surface area contributed by atoms with E-state index < -0.39 is 0 Å². The van der Waals surface area contributed by atoms with E-state index in [1.807, 2.05) is 20.0 Å². The van der Waals surface area contributed by atoms with E-state index in [1.54, 1.807) is 14.2 Å². The number of guanidine groups is 1. The number of halogens is 1. The fraction of sp³-hybridized carbons (Fsp3) is 0.600. The highest BCUT2D eigenvalue weighted by Gasteiger charge is 2.33. The first-order valence-electron chi connectivity index (χ1n) is 7.03. The molecule has 118 valence electrons. The smallest absolute Gasteiger partial charge is 0.191 e. The average Bonchev–Trinajstić information content (AvgIpc) is 3.12. The third-order valence-electron chi connectivity index (χ3n) is 3.83. The van der Waals surface area contributed by atoms with Gasteiger partial charge in [0.15, 0.2) is 5.96 Å². The van der Waals surface area contributed by atoms with Crippen LogP contribution in [0.3, 0.4) is 0 Å². The topological polar surface area (TPSA) is 58.5 Å². The number of aromatic nitrogens is 1. The molecule has 0 aliphatic heterocycles. The molecule has 2 atom stereocenters. The summed E-state index contributed by atoms with van der Waals surface area (Å²) in [5, 5.41) is 6.71. The molecule has 2 rings (SSSR count). The summed E-state index contributed by atoms with van der Waals surface area (Å²) in [6.45, 7) is 6.92. The lowest BCUT2D eigenvalue weighted by Crippen LogP contribution is -2.38. The van der Waals surface area contributed by atoms with Gasteiger partial charge in [-0.3, -0.25) is 9.98 Å². The van der Waals surface area contributed by atoms with E-state index in [9.17, 15) is 0 Å². The number of hydrogen-bond acceptors (Lipinski definition) is 3. The second-order valence-corrected chi connectivity index (χ2v) is 5.44. The minimum absolute atomic E-state index is 0. The van der Waals surface area contributed by atoms with Crippen molar-refractivity contribution in [1.29, 1.82) is 0 Å². The van der Waals surface area contributed by atoms with E-state index in [-0.39, 0.29) is 24.0 Å². The molecule has 0 bridgehead atoms. The van der Waals surface area contributed by atoms with Crippen molar-refractivity contribution in [3.63, 3.8) is 0 Å². The van der Waals surface area contributed by atoms with Gasteiger partial charge >= 0.3 is 0 Å². The highest BCUT2D eigenvalue weighted by molar-refractivity contribution is 14.0. The Hall–Kier alpha value is -1.05. The Labute approximate surface area is 144 Å². The third-order valence-corrected chi connectivity index (χ3v) is 3.83.